The van der Waals surface area contributed by atoms with E-state index in [1.54, 1.807) is 13.0 Å². The molecule has 0 saturated carbocycles. The number of non-ortho nitro benzene ring substituents is 1. The first kappa shape index (κ1) is 26.1. The van der Waals surface area contributed by atoms with Crippen molar-refractivity contribution < 1.29 is 29.3 Å². The molecule has 17 heteroatoms. The molecule has 39 heavy (non-hydrogen) atoms. The Balaban J connectivity index is 1.17. The number of carbonyl (C=O) groups excluding carboxylic acids is 1. The number of unbranched alkanes of at least 4 members (excludes halogenated alkanes) is 1. The molecule has 1 aliphatic rings. The molecule has 0 unspecified atom stereocenters. The van der Waals surface area contributed by atoms with Crippen LogP contribution in [0.3, 0.4) is 0 Å². The molecular weight excluding hydrogens is 516 g/mol. The number of aliphatic hydroxyl groups is 2. The summed E-state index contributed by atoms with van der Waals surface area (Å²) in [5, 5.41) is 48.3. The normalized spacial score (nSPS) is 20.9. The summed E-state index contributed by atoms with van der Waals surface area (Å²) >= 11 is 0. The smallest absolute Gasteiger partial charge is 0.300 e. The minimum atomic E-state index is -1.41. The van der Waals surface area contributed by atoms with Crippen molar-refractivity contribution in [3.8, 4) is 0 Å². The van der Waals surface area contributed by atoms with Crippen LogP contribution in [-0.2, 0) is 9.53 Å². The molecule has 0 bridgehead atoms. The van der Waals surface area contributed by atoms with Crippen molar-refractivity contribution in [3.05, 3.63) is 34.9 Å². The van der Waals surface area contributed by atoms with E-state index in [1.807, 2.05) is 0 Å². The molecule has 1 aromatic carbocycles. The van der Waals surface area contributed by atoms with E-state index < -0.39 is 35.4 Å². The third-order valence-electron chi connectivity index (χ3n) is 6.28. The number of fused-ring (bicyclic) bond motifs is 2. The number of nitro groups is 1. The van der Waals surface area contributed by atoms with Gasteiger partial charge in [0.25, 0.3) is 5.91 Å². The lowest BCUT2D eigenvalue weighted by Gasteiger charge is -2.16. The van der Waals surface area contributed by atoms with Gasteiger partial charge >= 0.3 is 5.69 Å². The molecule has 1 aliphatic heterocycles. The molecule has 3 aromatic heterocycles. The Morgan fingerprint density at radius 1 is 1.08 bits per heavy atom. The summed E-state index contributed by atoms with van der Waals surface area (Å²) in [5.74, 6) is -0.0381. The van der Waals surface area contributed by atoms with Crippen molar-refractivity contribution in [2.75, 3.05) is 30.3 Å². The minimum absolute atomic E-state index is 0.0867. The van der Waals surface area contributed by atoms with Gasteiger partial charge in [-0.2, -0.15) is 0 Å². The van der Waals surface area contributed by atoms with Gasteiger partial charge in [0.05, 0.1) is 16.9 Å². The van der Waals surface area contributed by atoms with Crippen LogP contribution in [0.15, 0.2) is 29.4 Å². The molecule has 4 atom stereocenters. The standard InChI is InChI=1S/C22H26N10O7/c1-2-23-21(35)18-16(33)17(34)22(38-18)31-10-28-15-19(26-9-27-20(15)31)25-8-4-3-7-24-11-5-6-12(32(36)37)14-13(11)29-39-30-14/h5-6,9-10,16-18,22,24,33-34H,2-4,7-8H2,1H3,(H,23,35)(H,25,26,27)/t16-,17+,18-,22+/m0/s1. The van der Waals surface area contributed by atoms with Crippen LogP contribution in [0, 0.1) is 10.1 Å². The Morgan fingerprint density at radius 2 is 1.85 bits per heavy atom. The van der Waals surface area contributed by atoms with Crippen molar-refractivity contribution in [1.82, 2.24) is 35.1 Å². The highest BCUT2D eigenvalue weighted by Gasteiger charge is 2.47. The first-order chi connectivity index (χ1) is 18.9. The highest BCUT2D eigenvalue weighted by Crippen LogP contribution is 2.32. The van der Waals surface area contributed by atoms with Gasteiger partial charge in [-0.3, -0.25) is 19.5 Å². The molecule has 0 radical (unpaired) electrons. The number of hydrogen-bond donors (Lipinski definition) is 5. The number of nitro benzene ring substituents is 1. The number of anilines is 2. The number of nitrogens with zero attached hydrogens (tertiary/aromatic N) is 7. The van der Waals surface area contributed by atoms with E-state index in [-0.39, 0.29) is 11.2 Å². The Hall–Kier alpha value is -4.48. The van der Waals surface area contributed by atoms with Gasteiger partial charge in [-0.05, 0) is 36.1 Å². The maximum atomic E-state index is 12.2. The number of imidazole rings is 1. The predicted octanol–water partition coefficient (Wildman–Crippen LogP) is 0.330. The quantitative estimate of drug-likeness (QED) is 0.0977. The van der Waals surface area contributed by atoms with Gasteiger partial charge in [-0.25, -0.2) is 19.6 Å². The Kier molecular flexibility index (Phi) is 7.44. The molecule has 1 saturated heterocycles. The number of rotatable bonds is 11. The third kappa shape index (κ3) is 5.01. The number of hydrogen-bond acceptors (Lipinski definition) is 14. The van der Waals surface area contributed by atoms with E-state index in [4.69, 9.17) is 4.74 Å². The van der Waals surface area contributed by atoms with E-state index >= 15 is 0 Å². The van der Waals surface area contributed by atoms with E-state index in [9.17, 15) is 25.1 Å². The molecule has 0 aliphatic carbocycles. The summed E-state index contributed by atoms with van der Waals surface area (Å²) in [7, 11) is 0. The van der Waals surface area contributed by atoms with Crippen LogP contribution >= 0.6 is 0 Å². The van der Waals surface area contributed by atoms with Crippen LogP contribution in [-0.4, -0.2) is 88.8 Å². The lowest BCUT2D eigenvalue weighted by atomic mass is 10.1. The van der Waals surface area contributed by atoms with Gasteiger partial charge in [0, 0.05) is 25.7 Å². The van der Waals surface area contributed by atoms with E-state index in [0.29, 0.717) is 47.8 Å². The number of likely N-dealkylation sites (N-methyl/N-ethyl adjacent to an activating group) is 1. The van der Waals surface area contributed by atoms with Crippen LogP contribution in [0.25, 0.3) is 22.2 Å². The molecule has 5 N–H and O–H groups in total. The zero-order chi connectivity index (χ0) is 27.5. The number of nitrogens with one attached hydrogen (secondary N) is 3. The highest BCUT2D eigenvalue weighted by molar-refractivity contribution is 5.93. The molecule has 0 spiro atoms. The van der Waals surface area contributed by atoms with Crippen molar-refractivity contribution in [2.24, 2.45) is 0 Å². The van der Waals surface area contributed by atoms with Gasteiger partial charge in [0.1, 0.15) is 18.5 Å². The van der Waals surface area contributed by atoms with Gasteiger partial charge in [0.15, 0.2) is 34.8 Å². The monoisotopic (exact) mass is 542 g/mol. The van der Waals surface area contributed by atoms with Crippen LogP contribution < -0.4 is 16.0 Å². The first-order valence-corrected chi connectivity index (χ1v) is 12.2. The predicted molar refractivity (Wildman–Crippen MR) is 135 cm³/mol. The topological polar surface area (TPSA) is 229 Å². The minimum Gasteiger partial charge on any atom is -0.387 e. The third-order valence-corrected chi connectivity index (χ3v) is 6.28. The second-order valence-electron chi connectivity index (χ2n) is 8.78. The maximum absolute atomic E-state index is 12.2. The fourth-order valence-corrected chi connectivity index (χ4v) is 4.37. The van der Waals surface area contributed by atoms with Crippen molar-refractivity contribution in [2.45, 2.75) is 44.3 Å². The second kappa shape index (κ2) is 11.1. The zero-order valence-corrected chi connectivity index (χ0v) is 20.7. The number of aliphatic hydroxyl groups excluding tert-OH is 2. The molecule has 17 nitrogen and oxygen atoms in total. The molecule has 1 fully saturated rings. The molecule has 1 amide bonds. The van der Waals surface area contributed by atoms with Gasteiger partial charge < -0.3 is 30.9 Å². The molecule has 5 rings (SSSR count). The maximum Gasteiger partial charge on any atom is 0.300 e. The summed E-state index contributed by atoms with van der Waals surface area (Å²) in [4.78, 5) is 35.6. The number of ether oxygens (including phenoxy) is 1. The van der Waals surface area contributed by atoms with Crippen molar-refractivity contribution >= 4 is 45.3 Å². The molecule has 4 aromatic rings. The van der Waals surface area contributed by atoms with Gasteiger partial charge in [-0.15, -0.1) is 0 Å². The number of amides is 1. The van der Waals surface area contributed by atoms with Crippen LogP contribution in [0.1, 0.15) is 26.0 Å². The molecule has 4 heterocycles. The summed E-state index contributed by atoms with van der Waals surface area (Å²) in [5.41, 5.74) is 1.60. The summed E-state index contributed by atoms with van der Waals surface area (Å²) in [6.45, 7) is 3.23. The SMILES string of the molecule is CCNC(=O)[C@H]1O[C@@H](n2cnc3c(NCCCCNc4ccc([N+](=O)[O-])c5nonc45)ncnc32)[C@H](O)[C@@H]1O. The van der Waals surface area contributed by atoms with Crippen LogP contribution in [0.4, 0.5) is 17.2 Å². The summed E-state index contributed by atoms with van der Waals surface area (Å²) < 4.78 is 11.8. The molecule has 206 valence electrons. The first-order valence-electron chi connectivity index (χ1n) is 12.2. The lowest BCUT2D eigenvalue weighted by molar-refractivity contribution is -0.383. The van der Waals surface area contributed by atoms with Crippen LogP contribution in [0.2, 0.25) is 0 Å². The van der Waals surface area contributed by atoms with Crippen molar-refractivity contribution in [1.29, 1.82) is 0 Å². The molecular formula is C22H26N10O7. The average Bonchev–Trinajstić information content (AvgIpc) is 3.65. The van der Waals surface area contributed by atoms with Gasteiger partial charge in [-0.1, -0.05) is 0 Å². The Morgan fingerprint density at radius 3 is 2.62 bits per heavy atom. The van der Waals surface area contributed by atoms with Crippen LogP contribution in [0.5, 0.6) is 0 Å². The van der Waals surface area contributed by atoms with Gasteiger partial charge in [0.2, 0.25) is 5.52 Å². The lowest BCUT2D eigenvalue weighted by Crippen LogP contribution is -2.42. The Labute approximate surface area is 219 Å². The average molecular weight is 543 g/mol. The highest BCUT2D eigenvalue weighted by atomic mass is 16.6. The second-order valence-corrected chi connectivity index (χ2v) is 8.78. The fraction of sp³-hybridized carbons (Fsp3) is 0.455. The number of carbonyl (C=O) groups is 1. The number of aromatic nitrogens is 6. The fourth-order valence-electron chi connectivity index (χ4n) is 4.37. The summed E-state index contributed by atoms with van der Waals surface area (Å²) in [6.07, 6.45) is -0.796. The van der Waals surface area contributed by atoms with E-state index in [2.05, 4.69) is 45.8 Å². The van der Waals surface area contributed by atoms with Crippen molar-refractivity contribution in [3.63, 3.8) is 0 Å². The summed E-state index contributed by atoms with van der Waals surface area (Å²) in [6, 6.07) is 2.92. The Bertz CT molecular complexity index is 1490. The number of benzene rings is 1. The zero-order valence-electron chi connectivity index (χ0n) is 20.7. The largest absolute Gasteiger partial charge is 0.387 e. The van der Waals surface area contributed by atoms with E-state index in [1.165, 1.54) is 23.3 Å². The van der Waals surface area contributed by atoms with E-state index in [0.717, 1.165) is 12.8 Å².